The molecule has 15 heavy (non-hydrogen) atoms. The summed E-state index contributed by atoms with van der Waals surface area (Å²) in [5, 5.41) is 3.15. The van der Waals surface area contributed by atoms with Gasteiger partial charge in [0.15, 0.2) is 0 Å². The predicted octanol–water partition coefficient (Wildman–Crippen LogP) is 0.833. The number of piperazine rings is 1. The first-order chi connectivity index (χ1) is 6.67. The number of halogens is 1. The molecule has 1 N–H and O–H groups in total. The lowest BCUT2D eigenvalue weighted by molar-refractivity contribution is 0.359. The van der Waals surface area contributed by atoms with Gasteiger partial charge in [-0.3, -0.25) is 0 Å². The van der Waals surface area contributed by atoms with Crippen molar-refractivity contribution in [2.45, 2.75) is 26.2 Å². The number of nitrogens with zero attached hydrogens (tertiary/aromatic N) is 1. The zero-order valence-corrected chi connectivity index (χ0v) is 10.9. The summed E-state index contributed by atoms with van der Waals surface area (Å²) in [5.74, 6) is 0.320. The molecule has 1 rings (SSSR count). The summed E-state index contributed by atoms with van der Waals surface area (Å²) in [6.07, 6.45) is 2.87. The molecule has 1 saturated heterocycles. The van der Waals surface area contributed by atoms with Crippen molar-refractivity contribution in [1.82, 2.24) is 9.62 Å². The van der Waals surface area contributed by atoms with E-state index in [9.17, 15) is 8.42 Å². The summed E-state index contributed by atoms with van der Waals surface area (Å²) >= 11 is 0. The Balaban J connectivity index is 0.00000196. The first-order valence-corrected chi connectivity index (χ1v) is 6.96. The van der Waals surface area contributed by atoms with Crippen molar-refractivity contribution in [3.63, 3.8) is 0 Å². The van der Waals surface area contributed by atoms with Crippen LogP contribution in [-0.2, 0) is 10.0 Å². The van der Waals surface area contributed by atoms with Crippen LogP contribution in [0.4, 0.5) is 0 Å². The third-order valence-corrected chi connectivity index (χ3v) is 4.43. The first-order valence-electron chi connectivity index (χ1n) is 5.35. The van der Waals surface area contributed by atoms with Crippen molar-refractivity contribution >= 4 is 22.4 Å². The number of sulfonamides is 1. The van der Waals surface area contributed by atoms with E-state index >= 15 is 0 Å². The van der Waals surface area contributed by atoms with Gasteiger partial charge in [0.2, 0.25) is 10.0 Å². The number of hydrogen-bond acceptors (Lipinski definition) is 3. The van der Waals surface area contributed by atoms with Crippen LogP contribution in [0.1, 0.15) is 26.2 Å². The van der Waals surface area contributed by atoms with E-state index in [2.05, 4.69) is 12.2 Å². The normalized spacial score (nSPS) is 18.5. The van der Waals surface area contributed by atoms with E-state index in [4.69, 9.17) is 0 Å². The highest BCUT2D eigenvalue weighted by molar-refractivity contribution is 7.89. The molecule has 0 aliphatic carbocycles. The van der Waals surface area contributed by atoms with Crippen LogP contribution in [0, 0.1) is 0 Å². The van der Waals surface area contributed by atoms with Crippen molar-refractivity contribution in [3.8, 4) is 0 Å². The van der Waals surface area contributed by atoms with Crippen molar-refractivity contribution in [2.24, 2.45) is 0 Å². The Kier molecular flexibility index (Phi) is 7.52. The molecule has 0 spiro atoms. The Bertz CT molecular complexity index is 251. The Morgan fingerprint density at radius 1 is 1.20 bits per heavy atom. The second-order valence-electron chi connectivity index (χ2n) is 3.67. The van der Waals surface area contributed by atoms with Gasteiger partial charge in [-0.2, -0.15) is 4.31 Å². The third-order valence-electron chi connectivity index (χ3n) is 2.48. The highest BCUT2D eigenvalue weighted by atomic mass is 35.5. The van der Waals surface area contributed by atoms with Crippen molar-refractivity contribution < 1.29 is 8.42 Å². The molecule has 92 valence electrons. The van der Waals surface area contributed by atoms with Crippen LogP contribution in [-0.4, -0.2) is 44.7 Å². The van der Waals surface area contributed by atoms with Gasteiger partial charge in [0.25, 0.3) is 0 Å². The van der Waals surface area contributed by atoms with Gasteiger partial charge in [-0.15, -0.1) is 12.4 Å². The predicted molar refractivity (Wildman–Crippen MR) is 65.0 cm³/mol. The van der Waals surface area contributed by atoms with Gasteiger partial charge in [0.05, 0.1) is 5.75 Å². The van der Waals surface area contributed by atoms with Gasteiger partial charge in [-0.25, -0.2) is 8.42 Å². The average Bonchev–Trinajstić information content (AvgIpc) is 2.19. The largest absolute Gasteiger partial charge is 0.314 e. The summed E-state index contributed by atoms with van der Waals surface area (Å²) in [5.41, 5.74) is 0. The van der Waals surface area contributed by atoms with Gasteiger partial charge >= 0.3 is 0 Å². The SMILES string of the molecule is CCCCCS(=O)(=O)N1CCNCC1.Cl. The molecule has 6 heteroatoms. The summed E-state index contributed by atoms with van der Waals surface area (Å²) in [4.78, 5) is 0. The molecule has 0 saturated carbocycles. The minimum absolute atomic E-state index is 0. The maximum Gasteiger partial charge on any atom is 0.214 e. The molecule has 0 atom stereocenters. The Hall–Kier alpha value is 0.160. The van der Waals surface area contributed by atoms with Crippen molar-refractivity contribution in [3.05, 3.63) is 0 Å². The number of rotatable bonds is 5. The fraction of sp³-hybridized carbons (Fsp3) is 1.00. The molecule has 1 aliphatic rings. The standard InChI is InChI=1S/C9H20N2O2S.ClH/c1-2-3-4-9-14(12,13)11-7-5-10-6-8-11;/h10H,2-9H2,1H3;1H. The van der Waals surface area contributed by atoms with Gasteiger partial charge in [-0.05, 0) is 6.42 Å². The van der Waals surface area contributed by atoms with Crippen molar-refractivity contribution in [2.75, 3.05) is 31.9 Å². The lowest BCUT2D eigenvalue weighted by Crippen LogP contribution is -2.47. The second-order valence-corrected chi connectivity index (χ2v) is 5.76. The minimum Gasteiger partial charge on any atom is -0.314 e. The monoisotopic (exact) mass is 256 g/mol. The van der Waals surface area contributed by atoms with Crippen LogP contribution in [0.2, 0.25) is 0 Å². The average molecular weight is 257 g/mol. The van der Waals surface area contributed by atoms with Gasteiger partial charge < -0.3 is 5.32 Å². The van der Waals surface area contributed by atoms with E-state index in [1.165, 1.54) is 0 Å². The maximum absolute atomic E-state index is 11.8. The second kappa shape index (κ2) is 7.44. The highest BCUT2D eigenvalue weighted by Gasteiger charge is 2.22. The lowest BCUT2D eigenvalue weighted by Gasteiger charge is -2.26. The van der Waals surface area contributed by atoms with E-state index < -0.39 is 10.0 Å². The van der Waals surface area contributed by atoms with E-state index in [0.717, 1.165) is 32.4 Å². The highest BCUT2D eigenvalue weighted by Crippen LogP contribution is 2.06. The van der Waals surface area contributed by atoms with E-state index in [0.29, 0.717) is 18.8 Å². The molecule has 1 heterocycles. The van der Waals surface area contributed by atoms with Crippen LogP contribution < -0.4 is 5.32 Å². The van der Waals surface area contributed by atoms with Crippen LogP contribution in [0.15, 0.2) is 0 Å². The third kappa shape index (κ3) is 5.15. The molecule has 1 aliphatic heterocycles. The molecule has 0 unspecified atom stereocenters. The molecular weight excluding hydrogens is 236 g/mol. The van der Waals surface area contributed by atoms with Crippen LogP contribution in [0.3, 0.4) is 0 Å². The van der Waals surface area contributed by atoms with Crippen LogP contribution in [0.5, 0.6) is 0 Å². The van der Waals surface area contributed by atoms with E-state index in [1.807, 2.05) is 0 Å². The van der Waals surface area contributed by atoms with Gasteiger partial charge in [-0.1, -0.05) is 19.8 Å². The summed E-state index contributed by atoms with van der Waals surface area (Å²) in [7, 11) is -2.96. The molecule has 0 aromatic rings. The molecule has 0 radical (unpaired) electrons. The maximum atomic E-state index is 11.8. The lowest BCUT2D eigenvalue weighted by atomic mass is 10.3. The summed E-state index contributed by atoms with van der Waals surface area (Å²) < 4.78 is 25.1. The molecule has 0 bridgehead atoms. The molecular formula is C9H21ClN2O2S. The zero-order chi connectivity index (χ0) is 10.4. The molecule has 0 aromatic heterocycles. The van der Waals surface area contributed by atoms with Gasteiger partial charge in [0.1, 0.15) is 0 Å². The zero-order valence-electron chi connectivity index (χ0n) is 9.24. The minimum atomic E-state index is -2.96. The fourth-order valence-corrected chi connectivity index (χ4v) is 3.15. The first kappa shape index (κ1) is 15.2. The van der Waals surface area contributed by atoms with Crippen LogP contribution >= 0.6 is 12.4 Å². The molecule has 0 aromatic carbocycles. The Morgan fingerprint density at radius 3 is 2.33 bits per heavy atom. The summed E-state index contributed by atoms with van der Waals surface area (Å²) in [6, 6.07) is 0. The molecule has 1 fully saturated rings. The number of unbranched alkanes of at least 4 members (excludes halogenated alkanes) is 2. The Labute approximate surface area is 98.9 Å². The number of nitrogens with one attached hydrogen (secondary N) is 1. The van der Waals surface area contributed by atoms with E-state index in [1.54, 1.807) is 4.31 Å². The van der Waals surface area contributed by atoms with Crippen LogP contribution in [0.25, 0.3) is 0 Å². The van der Waals surface area contributed by atoms with Crippen molar-refractivity contribution in [1.29, 1.82) is 0 Å². The Morgan fingerprint density at radius 2 is 1.80 bits per heavy atom. The topological polar surface area (TPSA) is 49.4 Å². The fourth-order valence-electron chi connectivity index (χ4n) is 1.59. The number of hydrogen-bond donors (Lipinski definition) is 1. The smallest absolute Gasteiger partial charge is 0.214 e. The quantitative estimate of drug-likeness (QED) is 0.742. The molecule has 0 amide bonds. The van der Waals surface area contributed by atoms with Gasteiger partial charge in [0, 0.05) is 26.2 Å². The summed E-state index contributed by atoms with van der Waals surface area (Å²) in [6.45, 7) is 4.92. The molecule has 4 nitrogen and oxygen atoms in total. The van der Waals surface area contributed by atoms with E-state index in [-0.39, 0.29) is 12.4 Å².